The summed E-state index contributed by atoms with van der Waals surface area (Å²) in [7, 11) is 0. The predicted octanol–water partition coefficient (Wildman–Crippen LogP) is 2.44. The fourth-order valence-corrected chi connectivity index (χ4v) is 2.21. The largest absolute Gasteiger partial charge is 0.389 e. The molecule has 1 aromatic carbocycles. The number of nitrogens with one attached hydrogen (secondary N) is 1. The lowest BCUT2D eigenvalue weighted by molar-refractivity contribution is -0.0193. The van der Waals surface area contributed by atoms with Crippen molar-refractivity contribution in [1.82, 2.24) is 5.32 Å². The Bertz CT molecular complexity index is 435. The third kappa shape index (κ3) is 3.16. The van der Waals surface area contributed by atoms with Crippen LogP contribution in [-0.2, 0) is 11.2 Å². The first-order valence-electron chi connectivity index (χ1n) is 6.98. The van der Waals surface area contributed by atoms with E-state index in [2.05, 4.69) is 29.6 Å². The van der Waals surface area contributed by atoms with Crippen LogP contribution in [0.25, 0.3) is 0 Å². The second-order valence-electron chi connectivity index (χ2n) is 6.37. The quantitative estimate of drug-likeness (QED) is 0.876. The van der Waals surface area contributed by atoms with Crippen LogP contribution >= 0.6 is 0 Å². The summed E-state index contributed by atoms with van der Waals surface area (Å²) in [6.07, 6.45) is 1.06. The standard InChI is InChI=1S/C16H25NO2/c1-15(2,16(3,4)18)17-11-14-13-8-6-5-7-12(13)9-10-19-14/h5-8,14,17-18H,9-11H2,1-4H3. The van der Waals surface area contributed by atoms with Gasteiger partial charge >= 0.3 is 0 Å². The van der Waals surface area contributed by atoms with E-state index in [0.29, 0.717) is 6.54 Å². The van der Waals surface area contributed by atoms with Crippen LogP contribution in [0.1, 0.15) is 44.9 Å². The molecule has 3 heteroatoms. The summed E-state index contributed by atoms with van der Waals surface area (Å²) in [6, 6.07) is 8.45. The Hall–Kier alpha value is -0.900. The number of benzene rings is 1. The Balaban J connectivity index is 2.06. The lowest BCUT2D eigenvalue weighted by Gasteiger charge is -2.39. The fraction of sp³-hybridized carbons (Fsp3) is 0.625. The minimum atomic E-state index is -0.777. The lowest BCUT2D eigenvalue weighted by atomic mass is 9.85. The van der Waals surface area contributed by atoms with Crippen LogP contribution in [0.15, 0.2) is 24.3 Å². The molecular formula is C16H25NO2. The Kier molecular flexibility index (Phi) is 4.00. The normalized spacial score (nSPS) is 20.2. The maximum Gasteiger partial charge on any atom is 0.0952 e. The van der Waals surface area contributed by atoms with E-state index in [1.807, 2.05) is 27.7 Å². The number of rotatable bonds is 4. The van der Waals surface area contributed by atoms with E-state index >= 15 is 0 Å². The van der Waals surface area contributed by atoms with Gasteiger partial charge in [0.15, 0.2) is 0 Å². The zero-order valence-electron chi connectivity index (χ0n) is 12.4. The van der Waals surface area contributed by atoms with Crippen molar-refractivity contribution in [2.45, 2.75) is 51.4 Å². The smallest absolute Gasteiger partial charge is 0.0952 e. The molecule has 2 rings (SSSR count). The third-order valence-electron chi connectivity index (χ3n) is 4.35. The first-order chi connectivity index (χ1) is 8.81. The molecule has 19 heavy (non-hydrogen) atoms. The van der Waals surface area contributed by atoms with Crippen molar-refractivity contribution in [3.8, 4) is 0 Å². The van der Waals surface area contributed by atoms with Gasteiger partial charge in [-0.3, -0.25) is 0 Å². The average molecular weight is 263 g/mol. The van der Waals surface area contributed by atoms with Gasteiger partial charge in [-0.2, -0.15) is 0 Å². The summed E-state index contributed by atoms with van der Waals surface area (Å²) in [6.45, 7) is 9.18. The van der Waals surface area contributed by atoms with E-state index in [1.54, 1.807) is 0 Å². The second-order valence-corrected chi connectivity index (χ2v) is 6.37. The van der Waals surface area contributed by atoms with Crippen LogP contribution in [0.5, 0.6) is 0 Å². The van der Waals surface area contributed by atoms with Crippen molar-refractivity contribution in [1.29, 1.82) is 0 Å². The average Bonchev–Trinajstić information content (AvgIpc) is 2.35. The summed E-state index contributed by atoms with van der Waals surface area (Å²) < 4.78 is 5.87. The van der Waals surface area contributed by atoms with Crippen LogP contribution in [0.2, 0.25) is 0 Å². The van der Waals surface area contributed by atoms with E-state index in [9.17, 15) is 5.11 Å². The number of hydrogen-bond acceptors (Lipinski definition) is 3. The molecule has 0 fully saturated rings. The first kappa shape index (κ1) is 14.5. The molecular weight excluding hydrogens is 238 g/mol. The molecule has 1 atom stereocenters. The molecule has 0 bridgehead atoms. The van der Waals surface area contributed by atoms with Crippen LogP contribution in [0.4, 0.5) is 0 Å². The third-order valence-corrected chi connectivity index (χ3v) is 4.35. The van der Waals surface area contributed by atoms with Crippen LogP contribution in [0, 0.1) is 0 Å². The van der Waals surface area contributed by atoms with E-state index < -0.39 is 5.60 Å². The highest BCUT2D eigenvalue weighted by Gasteiger charge is 2.35. The van der Waals surface area contributed by atoms with Gasteiger partial charge < -0.3 is 15.2 Å². The molecule has 3 nitrogen and oxygen atoms in total. The topological polar surface area (TPSA) is 41.5 Å². The van der Waals surface area contributed by atoms with Crippen molar-refractivity contribution in [3.63, 3.8) is 0 Å². The minimum Gasteiger partial charge on any atom is -0.389 e. The zero-order valence-corrected chi connectivity index (χ0v) is 12.4. The molecule has 1 aliphatic rings. The monoisotopic (exact) mass is 263 g/mol. The molecule has 0 radical (unpaired) electrons. The van der Waals surface area contributed by atoms with Crippen molar-refractivity contribution < 1.29 is 9.84 Å². The van der Waals surface area contributed by atoms with Crippen molar-refractivity contribution >= 4 is 0 Å². The van der Waals surface area contributed by atoms with Gasteiger partial charge in [0.1, 0.15) is 0 Å². The van der Waals surface area contributed by atoms with Gasteiger partial charge in [-0.15, -0.1) is 0 Å². The maximum atomic E-state index is 10.2. The van der Waals surface area contributed by atoms with Gasteiger partial charge in [0.05, 0.1) is 18.3 Å². The van der Waals surface area contributed by atoms with Gasteiger partial charge in [0.25, 0.3) is 0 Å². The first-order valence-corrected chi connectivity index (χ1v) is 6.98. The van der Waals surface area contributed by atoms with E-state index in [0.717, 1.165) is 13.0 Å². The number of hydrogen-bond donors (Lipinski definition) is 2. The highest BCUT2D eigenvalue weighted by atomic mass is 16.5. The molecule has 1 aliphatic heterocycles. The molecule has 0 saturated heterocycles. The fourth-order valence-electron chi connectivity index (χ4n) is 2.21. The van der Waals surface area contributed by atoms with Crippen molar-refractivity contribution in [3.05, 3.63) is 35.4 Å². The van der Waals surface area contributed by atoms with E-state index in [1.165, 1.54) is 11.1 Å². The predicted molar refractivity (Wildman–Crippen MR) is 77.2 cm³/mol. The van der Waals surface area contributed by atoms with Crippen LogP contribution < -0.4 is 5.32 Å². The summed E-state index contributed by atoms with van der Waals surface area (Å²) in [4.78, 5) is 0. The Morgan fingerprint density at radius 1 is 1.26 bits per heavy atom. The summed E-state index contributed by atoms with van der Waals surface area (Å²) in [5, 5.41) is 13.6. The summed E-state index contributed by atoms with van der Waals surface area (Å²) in [5.74, 6) is 0. The van der Waals surface area contributed by atoms with Gasteiger partial charge in [-0.05, 0) is 45.2 Å². The number of fused-ring (bicyclic) bond motifs is 1. The maximum absolute atomic E-state index is 10.2. The number of aliphatic hydroxyl groups is 1. The second kappa shape index (κ2) is 5.23. The minimum absolute atomic E-state index is 0.0755. The van der Waals surface area contributed by atoms with Gasteiger partial charge in [-0.25, -0.2) is 0 Å². The molecule has 0 aromatic heterocycles. The SMILES string of the molecule is CC(C)(O)C(C)(C)NCC1OCCc2ccccc21. The van der Waals surface area contributed by atoms with Crippen LogP contribution in [-0.4, -0.2) is 29.4 Å². The van der Waals surface area contributed by atoms with Gasteiger partial charge in [0.2, 0.25) is 0 Å². The van der Waals surface area contributed by atoms with Gasteiger partial charge in [-0.1, -0.05) is 24.3 Å². The molecule has 1 unspecified atom stereocenters. The molecule has 1 aromatic rings. The van der Waals surface area contributed by atoms with Crippen molar-refractivity contribution in [2.24, 2.45) is 0 Å². The highest BCUT2D eigenvalue weighted by molar-refractivity contribution is 5.31. The molecule has 0 aliphatic carbocycles. The molecule has 106 valence electrons. The van der Waals surface area contributed by atoms with Crippen molar-refractivity contribution in [2.75, 3.05) is 13.2 Å². The van der Waals surface area contributed by atoms with E-state index in [-0.39, 0.29) is 11.6 Å². The molecule has 0 spiro atoms. The molecule has 2 N–H and O–H groups in total. The van der Waals surface area contributed by atoms with E-state index in [4.69, 9.17) is 4.74 Å². The molecule has 0 amide bonds. The van der Waals surface area contributed by atoms with Gasteiger partial charge in [0, 0.05) is 12.1 Å². The molecule has 0 saturated carbocycles. The number of ether oxygens (including phenoxy) is 1. The molecule has 1 heterocycles. The zero-order chi connectivity index (χ0) is 14.1. The summed E-state index contributed by atoms with van der Waals surface area (Å²) >= 11 is 0. The Morgan fingerprint density at radius 2 is 1.95 bits per heavy atom. The Labute approximate surface area is 116 Å². The lowest BCUT2D eigenvalue weighted by Crippen LogP contribution is -2.56. The highest BCUT2D eigenvalue weighted by Crippen LogP contribution is 2.28. The summed E-state index contributed by atoms with van der Waals surface area (Å²) in [5.41, 5.74) is 1.51. The Morgan fingerprint density at radius 3 is 2.63 bits per heavy atom. The van der Waals surface area contributed by atoms with Crippen LogP contribution in [0.3, 0.4) is 0 Å².